The Morgan fingerprint density at radius 1 is 0.868 bits per heavy atom. The van der Waals surface area contributed by atoms with E-state index >= 15 is 0 Å². The van der Waals surface area contributed by atoms with Crippen LogP contribution in [0.25, 0.3) is 0 Å². The van der Waals surface area contributed by atoms with Crippen molar-refractivity contribution in [1.82, 2.24) is 0 Å². The lowest BCUT2D eigenvalue weighted by atomic mass is 10.1. The number of halogens is 1. The maximum absolute atomic E-state index is 14.6. The van der Waals surface area contributed by atoms with Crippen LogP contribution in [0, 0.1) is 5.82 Å². The van der Waals surface area contributed by atoms with Gasteiger partial charge in [0.15, 0.2) is 24.3 Å². The van der Waals surface area contributed by atoms with Crippen LogP contribution in [-0.2, 0) is 17.8 Å². The number of ether oxygens (including phenoxy) is 1. The summed E-state index contributed by atoms with van der Waals surface area (Å²) in [7, 11) is 0. The van der Waals surface area contributed by atoms with Gasteiger partial charge in [0.05, 0.1) is 24.1 Å². The van der Waals surface area contributed by atoms with Gasteiger partial charge in [-0.15, -0.1) is 0 Å². The molecule has 0 aliphatic carbocycles. The number of aromatic nitrogens is 1. The van der Waals surface area contributed by atoms with Gasteiger partial charge in [-0.2, -0.15) is 4.57 Å². The quantitative estimate of drug-likeness (QED) is 0.123. The van der Waals surface area contributed by atoms with Crippen molar-refractivity contribution in [3.8, 4) is 5.75 Å². The summed E-state index contributed by atoms with van der Waals surface area (Å²) in [6, 6.07) is 12.6. The Morgan fingerprint density at radius 2 is 1.53 bits per heavy atom. The highest BCUT2D eigenvalue weighted by Crippen LogP contribution is 2.25. The lowest BCUT2D eigenvalue weighted by molar-refractivity contribution is -0.683. The molecule has 38 heavy (non-hydrogen) atoms. The van der Waals surface area contributed by atoms with Crippen LogP contribution in [0.3, 0.4) is 0 Å². The van der Waals surface area contributed by atoms with Gasteiger partial charge in [-0.1, -0.05) is 119 Å². The normalized spacial score (nSPS) is 11.0. The second kappa shape index (κ2) is 17.7. The monoisotopic (exact) mass is 539 g/mol. The summed E-state index contributed by atoms with van der Waals surface area (Å²) in [6.07, 6.45) is 17.3. The van der Waals surface area contributed by atoms with Crippen molar-refractivity contribution in [2.24, 2.45) is 0 Å². The van der Waals surface area contributed by atoms with Crippen molar-refractivity contribution >= 4 is 22.9 Å². The van der Waals surface area contributed by atoms with Crippen molar-refractivity contribution in [1.29, 1.82) is 0 Å². The fourth-order valence-corrected chi connectivity index (χ4v) is 5.27. The van der Waals surface area contributed by atoms with Crippen LogP contribution in [-0.4, -0.2) is 12.5 Å². The second-order valence-electron chi connectivity index (χ2n) is 10.0. The number of nitrogens with one attached hydrogen (secondary N) is 1. The summed E-state index contributed by atoms with van der Waals surface area (Å²) in [4.78, 5) is 12.9. The minimum Gasteiger partial charge on any atom is -0.490 e. The number of carbonyl (C=O) groups is 1. The molecular formula is C32H44FN2O2S+. The van der Waals surface area contributed by atoms with Gasteiger partial charge in [0.2, 0.25) is 11.4 Å². The third-order valence-corrected chi connectivity index (χ3v) is 7.49. The average Bonchev–Trinajstić information content (AvgIpc) is 3.42. The number of benzene rings is 2. The molecule has 0 saturated carbocycles. The fraction of sp³-hybridized carbons (Fsp3) is 0.500. The van der Waals surface area contributed by atoms with E-state index in [1.165, 1.54) is 70.3 Å². The molecule has 0 aliphatic heterocycles. The molecular weight excluding hydrogens is 495 g/mol. The standard InChI is InChI=1S/C32H43FN2O2S/c1-2-3-4-5-6-7-8-9-10-11-12-15-22-37-32-27(18-16-19-29(32)33)24-31(36)34-30-20-14-13-17-28(30)25-35-21-23-38-26-35/h13-14,16-21,23,26H,2-12,15,22,24-25H2,1H3/p+1. The number of amides is 1. The van der Waals surface area contributed by atoms with E-state index < -0.39 is 5.82 Å². The Labute approximate surface area is 232 Å². The summed E-state index contributed by atoms with van der Waals surface area (Å²) < 4.78 is 22.5. The Balaban J connectivity index is 1.38. The minimum absolute atomic E-state index is 0.0610. The van der Waals surface area contributed by atoms with Gasteiger partial charge in [-0.25, -0.2) is 4.39 Å². The zero-order valence-corrected chi connectivity index (χ0v) is 23.7. The second-order valence-corrected chi connectivity index (χ2v) is 10.8. The van der Waals surface area contributed by atoms with E-state index in [9.17, 15) is 9.18 Å². The number of anilines is 1. The van der Waals surface area contributed by atoms with Gasteiger partial charge in [-0.3, -0.25) is 4.79 Å². The van der Waals surface area contributed by atoms with Gasteiger partial charge >= 0.3 is 0 Å². The van der Waals surface area contributed by atoms with E-state index in [-0.39, 0.29) is 18.1 Å². The number of para-hydroxylation sites is 2. The van der Waals surface area contributed by atoms with Gasteiger partial charge in [0.25, 0.3) is 0 Å². The molecule has 3 aromatic rings. The van der Waals surface area contributed by atoms with Gasteiger partial charge < -0.3 is 10.1 Å². The minimum atomic E-state index is -0.413. The zero-order valence-electron chi connectivity index (χ0n) is 22.9. The van der Waals surface area contributed by atoms with Crippen LogP contribution < -0.4 is 14.6 Å². The van der Waals surface area contributed by atoms with Crippen LogP contribution in [0.4, 0.5) is 10.1 Å². The number of hydrogen-bond acceptors (Lipinski definition) is 3. The third-order valence-electron chi connectivity index (χ3n) is 6.82. The number of thiazole rings is 1. The topological polar surface area (TPSA) is 42.2 Å². The van der Waals surface area contributed by atoms with E-state index in [1.807, 2.05) is 41.4 Å². The Morgan fingerprint density at radius 3 is 2.21 bits per heavy atom. The van der Waals surface area contributed by atoms with E-state index in [0.717, 1.165) is 24.1 Å². The van der Waals surface area contributed by atoms with E-state index in [2.05, 4.69) is 16.8 Å². The van der Waals surface area contributed by atoms with Crippen molar-refractivity contribution in [3.05, 3.63) is 76.5 Å². The molecule has 1 amide bonds. The average molecular weight is 540 g/mol. The van der Waals surface area contributed by atoms with Crippen LogP contribution in [0.5, 0.6) is 5.75 Å². The van der Waals surface area contributed by atoms with Crippen LogP contribution in [0.15, 0.2) is 59.6 Å². The Hall–Kier alpha value is -2.73. The van der Waals surface area contributed by atoms with Gasteiger partial charge in [-0.05, 0) is 18.6 Å². The van der Waals surface area contributed by atoms with Gasteiger partial charge in [0.1, 0.15) is 0 Å². The summed E-state index contributed by atoms with van der Waals surface area (Å²) in [5, 5.41) is 5.03. The highest BCUT2D eigenvalue weighted by atomic mass is 32.1. The van der Waals surface area contributed by atoms with Crippen molar-refractivity contribution in [2.75, 3.05) is 11.9 Å². The molecule has 3 rings (SSSR count). The molecule has 0 unspecified atom stereocenters. The number of carbonyl (C=O) groups excluding carboxylic acids is 1. The van der Waals surface area contributed by atoms with Crippen LogP contribution in [0.1, 0.15) is 95.1 Å². The fourth-order valence-electron chi connectivity index (χ4n) is 4.67. The zero-order chi connectivity index (χ0) is 26.8. The lowest BCUT2D eigenvalue weighted by Crippen LogP contribution is -2.31. The predicted octanol–water partition coefficient (Wildman–Crippen LogP) is 8.48. The SMILES string of the molecule is CCCCCCCCCCCCCCOc1c(F)cccc1CC(=O)Nc1ccccc1C[n+]1ccsc1. The molecule has 1 N–H and O–H groups in total. The first-order valence-electron chi connectivity index (χ1n) is 14.4. The predicted molar refractivity (Wildman–Crippen MR) is 155 cm³/mol. The molecule has 206 valence electrons. The highest BCUT2D eigenvalue weighted by Gasteiger charge is 2.15. The lowest BCUT2D eigenvalue weighted by Gasteiger charge is -2.13. The Bertz CT molecular complexity index is 1070. The summed E-state index contributed by atoms with van der Waals surface area (Å²) in [6.45, 7) is 3.40. The van der Waals surface area contributed by atoms with Gasteiger partial charge in [0, 0.05) is 11.1 Å². The molecule has 0 atom stereocenters. The molecule has 0 bridgehead atoms. The molecule has 6 heteroatoms. The molecule has 0 fully saturated rings. The number of nitrogens with zero attached hydrogens (tertiary/aromatic N) is 1. The van der Waals surface area contributed by atoms with E-state index in [0.29, 0.717) is 18.7 Å². The largest absolute Gasteiger partial charge is 0.490 e. The first kappa shape index (κ1) is 29.8. The number of rotatable bonds is 19. The number of hydrogen-bond donors (Lipinski definition) is 1. The first-order chi connectivity index (χ1) is 18.7. The molecule has 0 aliphatic rings. The summed E-state index contributed by atoms with van der Waals surface area (Å²) >= 11 is 1.63. The molecule has 4 nitrogen and oxygen atoms in total. The van der Waals surface area contributed by atoms with Crippen molar-refractivity contribution in [3.63, 3.8) is 0 Å². The van der Waals surface area contributed by atoms with Crippen LogP contribution in [0.2, 0.25) is 0 Å². The highest BCUT2D eigenvalue weighted by molar-refractivity contribution is 7.07. The van der Waals surface area contributed by atoms with E-state index in [4.69, 9.17) is 4.74 Å². The summed E-state index contributed by atoms with van der Waals surface area (Å²) in [5.74, 6) is -0.398. The molecule has 0 spiro atoms. The van der Waals surface area contributed by atoms with Crippen molar-refractivity contribution in [2.45, 2.75) is 96.9 Å². The molecule has 1 aromatic heterocycles. The Kier molecular flexibility index (Phi) is 13.9. The molecule has 0 saturated heterocycles. The number of unbranched alkanes of at least 4 members (excludes halogenated alkanes) is 11. The van der Waals surface area contributed by atoms with Crippen LogP contribution >= 0.6 is 11.3 Å². The molecule has 2 aromatic carbocycles. The molecule has 1 heterocycles. The summed E-state index contributed by atoms with van der Waals surface area (Å²) in [5.41, 5.74) is 4.40. The molecule has 0 radical (unpaired) electrons. The third kappa shape index (κ3) is 10.9. The smallest absolute Gasteiger partial charge is 0.228 e. The van der Waals surface area contributed by atoms with Crippen molar-refractivity contribution < 1.29 is 18.5 Å². The maximum Gasteiger partial charge on any atom is 0.228 e. The van der Waals surface area contributed by atoms with E-state index in [1.54, 1.807) is 23.5 Å². The maximum atomic E-state index is 14.6. The first-order valence-corrected chi connectivity index (χ1v) is 15.3.